The zero-order valence-corrected chi connectivity index (χ0v) is 20.9. The number of thioether (sulfide) groups is 1. The number of hydrogen-bond donors (Lipinski definition) is 0. The van der Waals surface area contributed by atoms with Crippen LogP contribution in [-0.2, 0) is 36.9 Å². The van der Waals surface area contributed by atoms with Gasteiger partial charge < -0.3 is 14.2 Å². The summed E-state index contributed by atoms with van der Waals surface area (Å²) in [6.45, 7) is 1.44. The number of carbonyl (C=O) groups is 2. The maximum atomic E-state index is 14.6. The molecule has 184 valence electrons. The van der Waals surface area contributed by atoms with Crippen molar-refractivity contribution in [3.8, 4) is 0 Å². The minimum Gasteiger partial charge on any atom is -0.455 e. The quantitative estimate of drug-likeness (QED) is 0.296. The summed E-state index contributed by atoms with van der Waals surface area (Å²) in [7, 11) is 0. The number of nitrogens with zero attached hydrogens (tertiary/aromatic N) is 3. The lowest BCUT2D eigenvalue weighted by Crippen LogP contribution is -2.34. The summed E-state index contributed by atoms with van der Waals surface area (Å²) in [5.74, 6) is -2.29. The Balaban J connectivity index is 1.45. The Morgan fingerprint density at radius 3 is 2.56 bits per heavy atom. The van der Waals surface area contributed by atoms with Crippen LogP contribution < -0.4 is 9.67 Å². The van der Waals surface area contributed by atoms with Crippen LogP contribution in [0.3, 0.4) is 0 Å². The van der Waals surface area contributed by atoms with E-state index in [4.69, 9.17) is 37.4 Å². The van der Waals surface area contributed by atoms with Crippen molar-refractivity contribution in [1.29, 1.82) is 0 Å². The Morgan fingerprint density at radius 1 is 1.18 bits per heavy atom. The van der Waals surface area contributed by atoms with E-state index in [1.807, 2.05) is 0 Å². The van der Waals surface area contributed by atoms with Gasteiger partial charge in [-0.3, -0.25) is 19.1 Å². The molecule has 1 fully saturated rings. The Labute approximate surface area is 211 Å². The number of halogens is 3. The van der Waals surface area contributed by atoms with Gasteiger partial charge in [-0.1, -0.05) is 11.6 Å². The molecule has 2 aliphatic rings. The van der Waals surface area contributed by atoms with E-state index in [-0.39, 0.29) is 40.4 Å². The third kappa shape index (κ3) is 5.85. The summed E-state index contributed by atoms with van der Waals surface area (Å²) >= 11 is 13.6. The zero-order valence-electron chi connectivity index (χ0n) is 17.7. The first-order valence-electron chi connectivity index (χ1n) is 10.4. The molecule has 4 rings (SSSR count). The number of aromatic nitrogens is 2. The van der Waals surface area contributed by atoms with E-state index in [0.29, 0.717) is 22.8 Å². The number of alkyl halides is 1. The van der Waals surface area contributed by atoms with Crippen molar-refractivity contribution < 1.29 is 28.2 Å². The molecule has 9 nitrogen and oxygen atoms in total. The normalized spacial score (nSPS) is 20.3. The van der Waals surface area contributed by atoms with Crippen molar-refractivity contribution >= 4 is 63.9 Å². The molecule has 2 aromatic rings. The van der Waals surface area contributed by atoms with Crippen LogP contribution in [-0.4, -0.2) is 58.4 Å². The number of benzene rings is 1. The standard InChI is InChI=1S/C20H20Cl2FN3O6S2/c21-7-17(27)31-14-8-30-9-15(14)32-18(28)10-33-16-6-13(12(23)5-11(16)22)24-19-25-3-1-2-4-26(25)20(29)34-19/h5-6,14-15H,1-4,7-10H2/b24-19+. The summed E-state index contributed by atoms with van der Waals surface area (Å²) in [4.78, 5) is 41.0. The molecule has 1 saturated heterocycles. The van der Waals surface area contributed by atoms with Crippen LogP contribution in [0.15, 0.2) is 26.8 Å². The molecule has 0 bridgehead atoms. The van der Waals surface area contributed by atoms with Crippen molar-refractivity contribution in [2.24, 2.45) is 4.99 Å². The van der Waals surface area contributed by atoms with Gasteiger partial charge in [0.1, 0.15) is 17.4 Å². The molecule has 1 aromatic heterocycles. The molecule has 14 heteroatoms. The first kappa shape index (κ1) is 25.2. The molecular weight excluding hydrogens is 532 g/mol. The van der Waals surface area contributed by atoms with Gasteiger partial charge in [0.05, 0.1) is 24.0 Å². The van der Waals surface area contributed by atoms with E-state index < -0.39 is 30.0 Å². The van der Waals surface area contributed by atoms with Gasteiger partial charge >= 0.3 is 16.8 Å². The minimum absolute atomic E-state index is 0.0141. The zero-order chi connectivity index (χ0) is 24.2. The van der Waals surface area contributed by atoms with Crippen LogP contribution in [0.2, 0.25) is 5.02 Å². The Morgan fingerprint density at radius 2 is 1.85 bits per heavy atom. The van der Waals surface area contributed by atoms with E-state index in [0.717, 1.165) is 42.0 Å². The van der Waals surface area contributed by atoms with Crippen LogP contribution in [0, 0.1) is 5.82 Å². The first-order valence-corrected chi connectivity index (χ1v) is 13.1. The largest absolute Gasteiger partial charge is 0.455 e. The lowest BCUT2D eigenvalue weighted by Gasteiger charge is -2.18. The van der Waals surface area contributed by atoms with Crippen molar-refractivity contribution in [2.75, 3.05) is 24.8 Å². The molecule has 3 heterocycles. The van der Waals surface area contributed by atoms with E-state index in [2.05, 4.69) is 4.99 Å². The predicted molar refractivity (Wildman–Crippen MR) is 124 cm³/mol. The van der Waals surface area contributed by atoms with Gasteiger partial charge in [0.25, 0.3) is 0 Å². The van der Waals surface area contributed by atoms with E-state index >= 15 is 0 Å². The fourth-order valence-electron chi connectivity index (χ4n) is 3.51. The molecule has 0 saturated carbocycles. The number of ether oxygens (including phenoxy) is 3. The Hall–Kier alpha value is -1.86. The Kier molecular flexibility index (Phi) is 8.35. The summed E-state index contributed by atoms with van der Waals surface area (Å²) in [5.41, 5.74) is 0.0141. The van der Waals surface area contributed by atoms with Gasteiger partial charge in [-0.2, -0.15) is 0 Å². The van der Waals surface area contributed by atoms with Crippen LogP contribution in [0.25, 0.3) is 0 Å². The van der Waals surface area contributed by atoms with Crippen molar-refractivity contribution in [3.63, 3.8) is 0 Å². The number of rotatable bonds is 7. The number of carbonyl (C=O) groups excluding carboxylic acids is 2. The van der Waals surface area contributed by atoms with E-state index in [1.54, 1.807) is 9.36 Å². The second kappa shape index (κ2) is 11.3. The highest BCUT2D eigenvalue weighted by Crippen LogP contribution is 2.33. The summed E-state index contributed by atoms with van der Waals surface area (Å²) < 4.78 is 33.6. The Bertz CT molecular complexity index is 1210. The van der Waals surface area contributed by atoms with Crippen LogP contribution in [0.1, 0.15) is 12.8 Å². The molecular formula is C20H20Cl2FN3O6S2. The van der Waals surface area contributed by atoms with Crippen molar-refractivity contribution in [1.82, 2.24) is 9.36 Å². The average Bonchev–Trinajstić information content (AvgIpc) is 3.38. The monoisotopic (exact) mass is 551 g/mol. The highest BCUT2D eigenvalue weighted by atomic mass is 35.5. The number of fused-ring (bicyclic) bond motifs is 1. The summed E-state index contributed by atoms with van der Waals surface area (Å²) in [6.07, 6.45) is 0.354. The number of hydrogen-bond acceptors (Lipinski definition) is 9. The molecule has 0 radical (unpaired) electrons. The topological polar surface area (TPSA) is 101 Å². The molecule has 2 aliphatic heterocycles. The molecule has 0 aliphatic carbocycles. The maximum Gasteiger partial charge on any atom is 0.325 e. The van der Waals surface area contributed by atoms with Crippen LogP contribution in [0.4, 0.5) is 10.1 Å². The third-order valence-corrected chi connectivity index (χ3v) is 7.65. The molecule has 2 atom stereocenters. The van der Waals surface area contributed by atoms with Gasteiger partial charge in [-0.15, -0.1) is 23.4 Å². The highest BCUT2D eigenvalue weighted by molar-refractivity contribution is 8.00. The summed E-state index contributed by atoms with van der Waals surface area (Å²) in [6, 6.07) is 2.56. The van der Waals surface area contributed by atoms with Gasteiger partial charge in [-0.05, 0) is 36.3 Å². The third-order valence-electron chi connectivity index (χ3n) is 5.11. The lowest BCUT2D eigenvalue weighted by atomic mass is 10.2. The molecule has 0 amide bonds. The van der Waals surface area contributed by atoms with Crippen LogP contribution >= 0.6 is 46.3 Å². The van der Waals surface area contributed by atoms with Crippen molar-refractivity contribution in [3.05, 3.63) is 37.4 Å². The maximum absolute atomic E-state index is 14.6. The second-order valence-corrected chi connectivity index (χ2v) is 10.1. The van der Waals surface area contributed by atoms with Gasteiger partial charge in [-0.25, -0.2) is 14.1 Å². The molecule has 34 heavy (non-hydrogen) atoms. The lowest BCUT2D eigenvalue weighted by molar-refractivity contribution is -0.160. The minimum atomic E-state index is -0.740. The van der Waals surface area contributed by atoms with E-state index in [1.165, 1.54) is 6.07 Å². The molecule has 1 aromatic carbocycles. The van der Waals surface area contributed by atoms with E-state index in [9.17, 15) is 18.8 Å². The molecule has 2 unspecified atom stereocenters. The highest BCUT2D eigenvalue weighted by Gasteiger charge is 2.34. The predicted octanol–water partition coefficient (Wildman–Crippen LogP) is 2.71. The van der Waals surface area contributed by atoms with Gasteiger partial charge in [0.15, 0.2) is 12.2 Å². The second-order valence-electron chi connectivity index (χ2n) is 7.47. The summed E-state index contributed by atoms with van der Waals surface area (Å²) in [5, 5.41) is 0.118. The number of esters is 2. The van der Waals surface area contributed by atoms with Gasteiger partial charge in [0.2, 0.25) is 4.80 Å². The van der Waals surface area contributed by atoms with Crippen molar-refractivity contribution in [2.45, 2.75) is 43.0 Å². The fourth-order valence-corrected chi connectivity index (χ4v) is 5.51. The van der Waals surface area contributed by atoms with Crippen LogP contribution in [0.5, 0.6) is 0 Å². The fraction of sp³-hybridized carbons (Fsp3) is 0.500. The average molecular weight is 552 g/mol. The SMILES string of the molecule is O=C(CCl)OC1COCC1OC(=O)CSc1cc(/N=c2/sc(=O)n3n2CCCC3)c(F)cc1Cl. The molecule has 0 spiro atoms. The molecule has 0 N–H and O–H groups in total. The smallest absolute Gasteiger partial charge is 0.325 e. The first-order chi connectivity index (χ1) is 16.4. The van der Waals surface area contributed by atoms with Gasteiger partial charge in [0, 0.05) is 18.0 Å².